The van der Waals surface area contributed by atoms with Crippen LogP contribution in [-0.4, -0.2) is 12.1 Å². The number of hydrogen-bond acceptors (Lipinski definition) is 1. The van der Waals surface area contributed by atoms with Crippen LogP contribution in [0.25, 0.3) is 0 Å². The lowest BCUT2D eigenvalue weighted by Gasteiger charge is -2.38. The first kappa shape index (κ1) is 13.4. The first-order chi connectivity index (χ1) is 8.16. The van der Waals surface area contributed by atoms with Gasteiger partial charge in [-0.2, -0.15) is 0 Å². The Bertz CT molecular complexity index is 220. The molecule has 2 rings (SSSR count). The van der Waals surface area contributed by atoms with E-state index in [4.69, 9.17) is 0 Å². The highest BCUT2D eigenvalue weighted by Crippen LogP contribution is 2.31. The second kappa shape index (κ2) is 6.22. The Morgan fingerprint density at radius 3 is 2.29 bits per heavy atom. The van der Waals surface area contributed by atoms with E-state index in [2.05, 4.69) is 26.1 Å². The predicted molar refractivity (Wildman–Crippen MR) is 75.1 cm³/mol. The lowest BCUT2D eigenvalue weighted by atomic mass is 9.78. The molecule has 0 saturated heterocycles. The minimum Gasteiger partial charge on any atom is -0.311 e. The van der Waals surface area contributed by atoms with Crippen LogP contribution in [0.15, 0.2) is 0 Å². The molecule has 0 spiro atoms. The number of nitrogens with one attached hydrogen (secondary N) is 1. The van der Waals surface area contributed by atoms with Gasteiger partial charge in [-0.15, -0.1) is 0 Å². The largest absolute Gasteiger partial charge is 0.311 e. The maximum Gasteiger partial charge on any atom is 0.00954 e. The van der Waals surface area contributed by atoms with Crippen LogP contribution in [0.4, 0.5) is 0 Å². The standard InChI is InChI=1S/C16H31N/c1-12-9-10-16(13(2)11-12)17-14(3)15-7-5-4-6-8-15/h12-17H,4-11H2,1-3H3/t12?,13?,14-,16?/m1/s1. The molecule has 0 radical (unpaired) electrons. The fourth-order valence-corrected chi connectivity index (χ4v) is 4.02. The molecule has 0 heterocycles. The molecule has 0 aromatic carbocycles. The van der Waals surface area contributed by atoms with Gasteiger partial charge < -0.3 is 5.32 Å². The van der Waals surface area contributed by atoms with E-state index >= 15 is 0 Å². The maximum absolute atomic E-state index is 3.96. The molecular weight excluding hydrogens is 206 g/mol. The molecule has 0 aromatic rings. The zero-order chi connectivity index (χ0) is 12.3. The minimum absolute atomic E-state index is 0.746. The molecule has 2 aliphatic rings. The van der Waals surface area contributed by atoms with Crippen molar-refractivity contribution < 1.29 is 0 Å². The lowest BCUT2D eigenvalue weighted by molar-refractivity contribution is 0.184. The molecule has 2 fully saturated rings. The third-order valence-corrected chi connectivity index (χ3v) is 5.27. The SMILES string of the molecule is CC1CCC(N[C@H](C)C2CCCCC2)C(C)C1. The van der Waals surface area contributed by atoms with Crippen LogP contribution in [0.3, 0.4) is 0 Å². The normalized spacial score (nSPS) is 37.9. The molecule has 0 amide bonds. The highest BCUT2D eigenvalue weighted by atomic mass is 15.0. The first-order valence-electron chi connectivity index (χ1n) is 7.93. The second-order valence-corrected chi connectivity index (χ2v) is 6.86. The number of hydrogen-bond donors (Lipinski definition) is 1. The molecular formula is C16H31N. The highest BCUT2D eigenvalue weighted by molar-refractivity contribution is 4.85. The Morgan fingerprint density at radius 1 is 0.941 bits per heavy atom. The fraction of sp³-hybridized carbons (Fsp3) is 1.00. The van der Waals surface area contributed by atoms with Crippen molar-refractivity contribution in [2.75, 3.05) is 0 Å². The van der Waals surface area contributed by atoms with Gasteiger partial charge in [-0.3, -0.25) is 0 Å². The quantitative estimate of drug-likeness (QED) is 0.768. The van der Waals surface area contributed by atoms with Gasteiger partial charge in [-0.05, 0) is 56.8 Å². The monoisotopic (exact) mass is 237 g/mol. The van der Waals surface area contributed by atoms with Gasteiger partial charge in [-0.25, -0.2) is 0 Å². The van der Waals surface area contributed by atoms with E-state index < -0.39 is 0 Å². The van der Waals surface area contributed by atoms with Crippen LogP contribution in [0, 0.1) is 17.8 Å². The van der Waals surface area contributed by atoms with Gasteiger partial charge >= 0.3 is 0 Å². The third kappa shape index (κ3) is 3.71. The van der Waals surface area contributed by atoms with Gasteiger partial charge in [0, 0.05) is 12.1 Å². The van der Waals surface area contributed by atoms with Gasteiger partial charge in [-0.1, -0.05) is 33.1 Å². The van der Waals surface area contributed by atoms with E-state index in [0.717, 1.165) is 29.8 Å². The molecule has 1 N–H and O–H groups in total. The average molecular weight is 237 g/mol. The molecule has 3 unspecified atom stereocenters. The molecule has 2 saturated carbocycles. The summed E-state index contributed by atoms with van der Waals surface area (Å²) in [6, 6.07) is 1.54. The second-order valence-electron chi connectivity index (χ2n) is 6.86. The molecule has 1 heteroatoms. The van der Waals surface area contributed by atoms with Crippen LogP contribution >= 0.6 is 0 Å². The Kier molecular flexibility index (Phi) is 4.90. The summed E-state index contributed by atoms with van der Waals surface area (Å²) < 4.78 is 0. The van der Waals surface area contributed by atoms with E-state index in [-0.39, 0.29) is 0 Å². The maximum atomic E-state index is 3.96. The summed E-state index contributed by atoms with van der Waals surface area (Å²) in [6.07, 6.45) is 11.6. The zero-order valence-electron chi connectivity index (χ0n) is 12.0. The van der Waals surface area contributed by atoms with E-state index in [1.54, 1.807) is 0 Å². The molecule has 4 atom stereocenters. The van der Waals surface area contributed by atoms with Gasteiger partial charge in [0.25, 0.3) is 0 Å². The Morgan fingerprint density at radius 2 is 1.65 bits per heavy atom. The van der Waals surface area contributed by atoms with Crippen LogP contribution in [0.2, 0.25) is 0 Å². The van der Waals surface area contributed by atoms with E-state index in [9.17, 15) is 0 Å². The fourth-order valence-electron chi connectivity index (χ4n) is 4.02. The summed E-state index contributed by atoms with van der Waals surface area (Å²) in [5, 5.41) is 3.96. The molecule has 1 nitrogen and oxygen atoms in total. The van der Waals surface area contributed by atoms with Crippen molar-refractivity contribution in [2.45, 2.75) is 84.2 Å². The molecule has 0 aromatic heterocycles. The summed E-state index contributed by atoms with van der Waals surface area (Å²) in [5.74, 6) is 2.79. The minimum atomic E-state index is 0.746. The van der Waals surface area contributed by atoms with Crippen molar-refractivity contribution in [2.24, 2.45) is 17.8 Å². The van der Waals surface area contributed by atoms with Gasteiger partial charge in [0.05, 0.1) is 0 Å². The molecule has 100 valence electrons. The first-order valence-corrected chi connectivity index (χ1v) is 7.93. The summed E-state index contributed by atoms with van der Waals surface area (Å²) in [5.41, 5.74) is 0. The van der Waals surface area contributed by atoms with Crippen LogP contribution in [-0.2, 0) is 0 Å². The predicted octanol–water partition coefficient (Wildman–Crippen LogP) is 4.37. The van der Waals surface area contributed by atoms with Crippen molar-refractivity contribution >= 4 is 0 Å². The zero-order valence-corrected chi connectivity index (χ0v) is 12.0. The van der Waals surface area contributed by atoms with Crippen molar-refractivity contribution in [1.29, 1.82) is 0 Å². The summed E-state index contributed by atoms with van der Waals surface area (Å²) in [7, 11) is 0. The van der Waals surface area contributed by atoms with Crippen molar-refractivity contribution in [3.05, 3.63) is 0 Å². The van der Waals surface area contributed by atoms with Crippen LogP contribution in [0.5, 0.6) is 0 Å². The van der Waals surface area contributed by atoms with Gasteiger partial charge in [0.15, 0.2) is 0 Å². The van der Waals surface area contributed by atoms with Crippen molar-refractivity contribution in [3.8, 4) is 0 Å². The van der Waals surface area contributed by atoms with Gasteiger partial charge in [0.2, 0.25) is 0 Å². The van der Waals surface area contributed by atoms with E-state index in [1.165, 1.54) is 51.4 Å². The average Bonchev–Trinajstić information content (AvgIpc) is 2.34. The van der Waals surface area contributed by atoms with E-state index in [1.807, 2.05) is 0 Å². The lowest BCUT2D eigenvalue weighted by Crippen LogP contribution is -2.46. The summed E-state index contributed by atoms with van der Waals surface area (Å²) in [4.78, 5) is 0. The van der Waals surface area contributed by atoms with Crippen molar-refractivity contribution in [3.63, 3.8) is 0 Å². The Labute approximate surface area is 108 Å². The molecule has 17 heavy (non-hydrogen) atoms. The van der Waals surface area contributed by atoms with E-state index in [0.29, 0.717) is 0 Å². The van der Waals surface area contributed by atoms with Gasteiger partial charge in [0.1, 0.15) is 0 Å². The van der Waals surface area contributed by atoms with Crippen LogP contribution in [0.1, 0.15) is 72.1 Å². The topological polar surface area (TPSA) is 12.0 Å². The highest BCUT2D eigenvalue weighted by Gasteiger charge is 2.28. The summed E-state index contributed by atoms with van der Waals surface area (Å²) >= 11 is 0. The molecule has 0 bridgehead atoms. The van der Waals surface area contributed by atoms with Crippen molar-refractivity contribution in [1.82, 2.24) is 5.32 Å². The molecule has 0 aliphatic heterocycles. The third-order valence-electron chi connectivity index (χ3n) is 5.27. The number of rotatable bonds is 3. The Hall–Kier alpha value is -0.0400. The summed E-state index contributed by atoms with van der Waals surface area (Å²) in [6.45, 7) is 7.29. The van der Waals surface area contributed by atoms with Crippen LogP contribution < -0.4 is 5.32 Å². The molecule has 2 aliphatic carbocycles. The Balaban J connectivity index is 1.79. The smallest absolute Gasteiger partial charge is 0.00954 e.